The van der Waals surface area contributed by atoms with Gasteiger partial charge >= 0.3 is 6.09 Å². The molecule has 8 heteroatoms. The number of hydrogen-bond acceptors (Lipinski definition) is 5. The molecule has 3 amide bonds. The van der Waals surface area contributed by atoms with Gasteiger partial charge in [0.05, 0.1) is 7.11 Å². The SMILES string of the molecule is COc1ccc(C(=O)NCc2ccc(NC(=O)CNC(=O)OC(C)(C)C)cc2)cc1. The summed E-state index contributed by atoms with van der Waals surface area (Å²) in [5.74, 6) is 0.121. The maximum absolute atomic E-state index is 12.2. The van der Waals surface area contributed by atoms with Gasteiger partial charge in [-0.15, -0.1) is 0 Å². The van der Waals surface area contributed by atoms with E-state index in [-0.39, 0.29) is 18.4 Å². The lowest BCUT2D eigenvalue weighted by Crippen LogP contribution is -2.37. The van der Waals surface area contributed by atoms with Gasteiger partial charge in [0.2, 0.25) is 5.91 Å². The molecule has 0 aromatic heterocycles. The van der Waals surface area contributed by atoms with Crippen LogP contribution in [0.25, 0.3) is 0 Å². The molecule has 0 heterocycles. The van der Waals surface area contributed by atoms with Crippen LogP contribution in [0.2, 0.25) is 0 Å². The number of ether oxygens (including phenoxy) is 2. The van der Waals surface area contributed by atoms with E-state index in [0.717, 1.165) is 5.56 Å². The summed E-state index contributed by atoms with van der Waals surface area (Å²) in [6.07, 6.45) is -0.652. The highest BCUT2D eigenvalue weighted by atomic mass is 16.6. The van der Waals surface area contributed by atoms with Crippen molar-refractivity contribution in [3.8, 4) is 5.75 Å². The van der Waals surface area contributed by atoms with Gasteiger partial charge in [0.1, 0.15) is 17.9 Å². The Kier molecular flexibility index (Phi) is 7.80. The van der Waals surface area contributed by atoms with E-state index in [1.807, 2.05) is 0 Å². The summed E-state index contributed by atoms with van der Waals surface area (Å²) in [4.78, 5) is 35.7. The Morgan fingerprint density at radius 3 is 2.10 bits per heavy atom. The molecule has 2 aromatic carbocycles. The molecule has 0 aliphatic heterocycles. The number of carbonyl (C=O) groups excluding carboxylic acids is 3. The number of amides is 3. The molecule has 0 fully saturated rings. The number of methoxy groups -OCH3 is 1. The summed E-state index contributed by atoms with van der Waals surface area (Å²) in [7, 11) is 1.57. The maximum Gasteiger partial charge on any atom is 0.408 e. The first kappa shape index (κ1) is 22.7. The first-order valence-corrected chi connectivity index (χ1v) is 9.44. The van der Waals surface area contributed by atoms with Gasteiger partial charge in [0.15, 0.2) is 0 Å². The topological polar surface area (TPSA) is 106 Å². The Morgan fingerprint density at radius 1 is 0.900 bits per heavy atom. The largest absolute Gasteiger partial charge is 0.497 e. The Bertz CT molecular complexity index is 871. The van der Waals surface area contributed by atoms with Crippen molar-refractivity contribution in [1.29, 1.82) is 0 Å². The standard InChI is InChI=1S/C22H27N3O5/c1-22(2,3)30-21(28)24-14-19(26)25-17-9-5-15(6-10-17)13-23-20(27)16-7-11-18(29-4)12-8-16/h5-12H,13-14H2,1-4H3,(H,23,27)(H,24,28)(H,25,26). The molecule has 0 unspecified atom stereocenters. The van der Waals surface area contributed by atoms with Crippen LogP contribution in [0.3, 0.4) is 0 Å². The van der Waals surface area contributed by atoms with Gasteiger partial charge in [-0.1, -0.05) is 12.1 Å². The van der Waals surface area contributed by atoms with E-state index in [1.54, 1.807) is 76.4 Å². The second-order valence-electron chi connectivity index (χ2n) is 7.51. The van der Waals surface area contributed by atoms with Crippen molar-refractivity contribution in [2.24, 2.45) is 0 Å². The van der Waals surface area contributed by atoms with Gasteiger partial charge in [-0.2, -0.15) is 0 Å². The van der Waals surface area contributed by atoms with Crippen molar-refractivity contribution in [2.45, 2.75) is 32.9 Å². The minimum absolute atomic E-state index is 0.191. The molecule has 3 N–H and O–H groups in total. The zero-order valence-electron chi connectivity index (χ0n) is 17.6. The molecule has 0 radical (unpaired) electrons. The van der Waals surface area contributed by atoms with Gasteiger partial charge in [0, 0.05) is 17.8 Å². The first-order chi connectivity index (χ1) is 14.2. The number of nitrogens with one attached hydrogen (secondary N) is 3. The van der Waals surface area contributed by atoms with Gasteiger partial charge in [-0.3, -0.25) is 9.59 Å². The van der Waals surface area contributed by atoms with Gasteiger partial charge in [0.25, 0.3) is 5.91 Å². The van der Waals surface area contributed by atoms with Gasteiger partial charge < -0.3 is 25.4 Å². The zero-order valence-corrected chi connectivity index (χ0v) is 17.6. The van der Waals surface area contributed by atoms with Crippen molar-refractivity contribution in [1.82, 2.24) is 10.6 Å². The van der Waals surface area contributed by atoms with Crippen molar-refractivity contribution in [2.75, 3.05) is 19.0 Å². The number of hydrogen-bond donors (Lipinski definition) is 3. The third-order valence-corrected chi connectivity index (χ3v) is 3.84. The fourth-order valence-electron chi connectivity index (χ4n) is 2.40. The maximum atomic E-state index is 12.2. The molecule has 30 heavy (non-hydrogen) atoms. The summed E-state index contributed by atoms with van der Waals surface area (Å²) in [6.45, 7) is 5.38. The van der Waals surface area contributed by atoms with Crippen LogP contribution >= 0.6 is 0 Å². The van der Waals surface area contributed by atoms with Crippen LogP contribution in [0.5, 0.6) is 5.75 Å². The molecule has 0 aliphatic carbocycles. The average Bonchev–Trinajstić information content (AvgIpc) is 2.70. The first-order valence-electron chi connectivity index (χ1n) is 9.44. The monoisotopic (exact) mass is 413 g/mol. The lowest BCUT2D eigenvalue weighted by Gasteiger charge is -2.19. The molecule has 0 saturated heterocycles. The summed E-state index contributed by atoms with van der Waals surface area (Å²) < 4.78 is 10.1. The Morgan fingerprint density at radius 2 is 1.53 bits per heavy atom. The van der Waals surface area contributed by atoms with E-state index in [0.29, 0.717) is 23.5 Å². The lowest BCUT2D eigenvalue weighted by molar-refractivity contribution is -0.115. The second-order valence-corrected chi connectivity index (χ2v) is 7.51. The molecule has 2 aromatic rings. The Hall–Kier alpha value is -3.55. The number of benzene rings is 2. The zero-order chi connectivity index (χ0) is 22.1. The predicted molar refractivity (Wildman–Crippen MR) is 113 cm³/mol. The van der Waals surface area contributed by atoms with E-state index in [4.69, 9.17) is 9.47 Å². The molecule has 160 valence electrons. The normalized spacial score (nSPS) is 10.7. The van der Waals surface area contributed by atoms with Crippen LogP contribution in [-0.2, 0) is 16.1 Å². The number of anilines is 1. The summed E-state index contributed by atoms with van der Waals surface area (Å²) >= 11 is 0. The lowest BCUT2D eigenvalue weighted by atomic mass is 10.1. The molecular formula is C22H27N3O5. The van der Waals surface area contributed by atoms with Crippen molar-refractivity contribution < 1.29 is 23.9 Å². The third kappa shape index (κ3) is 7.83. The fourth-order valence-corrected chi connectivity index (χ4v) is 2.40. The van der Waals surface area contributed by atoms with Crippen LogP contribution in [0.4, 0.5) is 10.5 Å². The van der Waals surface area contributed by atoms with E-state index in [9.17, 15) is 14.4 Å². The number of rotatable bonds is 7. The molecule has 0 spiro atoms. The second kappa shape index (κ2) is 10.3. The molecule has 8 nitrogen and oxygen atoms in total. The average molecular weight is 413 g/mol. The van der Waals surface area contributed by atoms with Crippen molar-refractivity contribution in [3.05, 3.63) is 59.7 Å². The highest BCUT2D eigenvalue weighted by Crippen LogP contribution is 2.12. The highest BCUT2D eigenvalue weighted by Gasteiger charge is 2.16. The van der Waals surface area contributed by atoms with Gasteiger partial charge in [-0.25, -0.2) is 4.79 Å². The molecule has 0 bridgehead atoms. The molecule has 0 atom stereocenters. The number of carbonyl (C=O) groups is 3. The molecule has 0 aliphatic rings. The third-order valence-electron chi connectivity index (χ3n) is 3.84. The quantitative estimate of drug-likeness (QED) is 0.647. The molecular weight excluding hydrogens is 386 g/mol. The smallest absolute Gasteiger partial charge is 0.408 e. The minimum Gasteiger partial charge on any atom is -0.497 e. The van der Waals surface area contributed by atoms with Crippen LogP contribution in [-0.4, -0.2) is 37.2 Å². The van der Waals surface area contributed by atoms with E-state index < -0.39 is 11.7 Å². The van der Waals surface area contributed by atoms with E-state index >= 15 is 0 Å². The minimum atomic E-state index is -0.652. The molecule has 2 rings (SSSR count). The Labute approximate surface area is 175 Å². The van der Waals surface area contributed by atoms with Crippen LogP contribution in [0, 0.1) is 0 Å². The molecule has 0 saturated carbocycles. The van der Waals surface area contributed by atoms with E-state index in [1.165, 1.54) is 0 Å². The van der Waals surface area contributed by atoms with E-state index in [2.05, 4.69) is 16.0 Å². The van der Waals surface area contributed by atoms with Gasteiger partial charge in [-0.05, 0) is 62.7 Å². The highest BCUT2D eigenvalue weighted by molar-refractivity contribution is 5.94. The van der Waals surface area contributed by atoms with Crippen molar-refractivity contribution >= 4 is 23.6 Å². The summed E-state index contributed by atoms with van der Waals surface area (Å²) in [5, 5.41) is 7.91. The van der Waals surface area contributed by atoms with Crippen LogP contribution in [0.15, 0.2) is 48.5 Å². The van der Waals surface area contributed by atoms with Crippen molar-refractivity contribution in [3.63, 3.8) is 0 Å². The predicted octanol–water partition coefficient (Wildman–Crippen LogP) is 3.09. The summed E-state index contributed by atoms with van der Waals surface area (Å²) in [6, 6.07) is 13.9. The van der Waals surface area contributed by atoms with Crippen LogP contribution < -0.4 is 20.7 Å². The summed E-state index contributed by atoms with van der Waals surface area (Å²) in [5.41, 5.74) is 1.37. The number of alkyl carbamates (subject to hydrolysis) is 1. The Balaban J connectivity index is 1.78. The fraction of sp³-hybridized carbons (Fsp3) is 0.318. The van der Waals surface area contributed by atoms with Crippen LogP contribution in [0.1, 0.15) is 36.7 Å².